The first kappa shape index (κ1) is 20.4. The maximum Gasteiger partial charge on any atom is 0.253 e. The van der Waals surface area contributed by atoms with Crippen molar-refractivity contribution in [2.45, 2.75) is 58.4 Å². The Morgan fingerprint density at radius 3 is 2.45 bits per heavy atom. The normalized spacial score (nSPS) is 22.7. The van der Waals surface area contributed by atoms with Crippen LogP contribution in [0.15, 0.2) is 18.2 Å². The zero-order chi connectivity index (χ0) is 20.4. The Balaban J connectivity index is 1.39. The van der Waals surface area contributed by atoms with Crippen LogP contribution in [0.4, 0.5) is 0 Å². The molecule has 0 bridgehead atoms. The van der Waals surface area contributed by atoms with E-state index < -0.39 is 0 Å². The molecule has 1 aromatic rings. The first-order chi connectivity index (χ1) is 14.0. The van der Waals surface area contributed by atoms with Crippen molar-refractivity contribution >= 4 is 11.8 Å². The molecule has 1 unspecified atom stereocenters. The maximum atomic E-state index is 13.0. The Labute approximate surface area is 175 Å². The Hall–Kier alpha value is -1.88. The molecule has 1 saturated carbocycles. The van der Waals surface area contributed by atoms with Gasteiger partial charge in [-0.25, -0.2) is 0 Å². The van der Waals surface area contributed by atoms with Crippen molar-refractivity contribution in [3.8, 4) is 0 Å². The van der Waals surface area contributed by atoms with Gasteiger partial charge in [0.15, 0.2) is 0 Å². The summed E-state index contributed by atoms with van der Waals surface area (Å²) in [5.74, 6) is 0.666. The predicted molar refractivity (Wildman–Crippen MR) is 115 cm³/mol. The monoisotopic (exact) mass is 397 g/mol. The van der Waals surface area contributed by atoms with Gasteiger partial charge in [0.2, 0.25) is 5.91 Å². The Kier molecular flexibility index (Phi) is 6.23. The number of aryl methyl sites for hydroxylation is 2. The lowest BCUT2D eigenvalue weighted by molar-refractivity contribution is -0.135. The van der Waals surface area contributed by atoms with E-state index in [0.29, 0.717) is 12.5 Å². The summed E-state index contributed by atoms with van der Waals surface area (Å²) in [5, 5.41) is 0. The van der Waals surface area contributed by atoms with Gasteiger partial charge in [0.25, 0.3) is 5.91 Å². The molecule has 1 aliphatic carbocycles. The quantitative estimate of drug-likeness (QED) is 0.740. The first-order valence-electron chi connectivity index (χ1n) is 11.4. The van der Waals surface area contributed by atoms with E-state index in [0.717, 1.165) is 63.1 Å². The van der Waals surface area contributed by atoms with E-state index >= 15 is 0 Å². The number of amides is 2. The molecular weight excluding hydrogens is 362 g/mol. The summed E-state index contributed by atoms with van der Waals surface area (Å²) in [6, 6.07) is 6.12. The third-order valence-corrected chi connectivity index (χ3v) is 6.96. The van der Waals surface area contributed by atoms with Crippen LogP contribution in [-0.2, 0) is 4.79 Å². The van der Waals surface area contributed by atoms with Crippen LogP contribution < -0.4 is 0 Å². The zero-order valence-corrected chi connectivity index (χ0v) is 18.0. The summed E-state index contributed by atoms with van der Waals surface area (Å²) in [4.78, 5) is 32.6. The SMILES string of the molecule is Cc1ccc(C(=O)N2CCC(N(CCN3CCCCC3)C(=O)C3CC3)C2)cc1C. The van der Waals surface area contributed by atoms with E-state index in [2.05, 4.69) is 23.6 Å². The molecule has 2 heterocycles. The largest absolute Gasteiger partial charge is 0.337 e. The van der Waals surface area contributed by atoms with Crippen LogP contribution in [0.5, 0.6) is 0 Å². The summed E-state index contributed by atoms with van der Waals surface area (Å²) in [5.41, 5.74) is 3.13. The highest BCUT2D eigenvalue weighted by Gasteiger charge is 2.39. The predicted octanol–water partition coefficient (Wildman–Crippen LogP) is 3.24. The van der Waals surface area contributed by atoms with Gasteiger partial charge >= 0.3 is 0 Å². The summed E-state index contributed by atoms with van der Waals surface area (Å²) in [6.07, 6.45) is 6.86. The molecule has 4 rings (SSSR count). The summed E-state index contributed by atoms with van der Waals surface area (Å²) < 4.78 is 0. The van der Waals surface area contributed by atoms with Crippen LogP contribution in [0.2, 0.25) is 0 Å². The highest BCUT2D eigenvalue weighted by molar-refractivity contribution is 5.94. The number of nitrogens with zero attached hydrogens (tertiary/aromatic N) is 3. The number of hydrogen-bond acceptors (Lipinski definition) is 3. The van der Waals surface area contributed by atoms with Gasteiger partial charge in [-0.1, -0.05) is 12.5 Å². The molecule has 5 heteroatoms. The van der Waals surface area contributed by atoms with E-state index in [-0.39, 0.29) is 17.9 Å². The first-order valence-corrected chi connectivity index (χ1v) is 11.4. The van der Waals surface area contributed by atoms with E-state index in [9.17, 15) is 9.59 Å². The van der Waals surface area contributed by atoms with Crippen molar-refractivity contribution in [3.05, 3.63) is 34.9 Å². The second-order valence-electron chi connectivity index (χ2n) is 9.20. The molecule has 3 fully saturated rings. The fourth-order valence-corrected chi connectivity index (χ4v) is 4.71. The van der Waals surface area contributed by atoms with Crippen LogP contribution in [0, 0.1) is 19.8 Å². The lowest BCUT2D eigenvalue weighted by Crippen LogP contribution is -2.47. The van der Waals surface area contributed by atoms with Crippen molar-refractivity contribution < 1.29 is 9.59 Å². The van der Waals surface area contributed by atoms with Gasteiger partial charge in [0, 0.05) is 37.7 Å². The Bertz CT molecular complexity index is 752. The van der Waals surface area contributed by atoms with Gasteiger partial charge in [-0.05, 0) is 82.3 Å². The van der Waals surface area contributed by atoms with Crippen molar-refractivity contribution in [2.75, 3.05) is 39.3 Å². The van der Waals surface area contributed by atoms with Crippen LogP contribution in [0.3, 0.4) is 0 Å². The standard InChI is InChI=1S/C24H35N3O2/c1-18-6-7-21(16-19(18)2)23(28)26-13-10-22(17-26)27(24(29)20-8-9-20)15-14-25-11-4-3-5-12-25/h6-7,16,20,22H,3-5,8-15,17H2,1-2H3. The van der Waals surface area contributed by atoms with Gasteiger partial charge in [0.1, 0.15) is 0 Å². The molecule has 158 valence electrons. The molecule has 0 N–H and O–H groups in total. The minimum atomic E-state index is 0.102. The molecule has 1 atom stereocenters. The number of benzene rings is 1. The topological polar surface area (TPSA) is 43.9 Å². The molecular formula is C24H35N3O2. The fourth-order valence-electron chi connectivity index (χ4n) is 4.71. The number of likely N-dealkylation sites (tertiary alicyclic amines) is 2. The molecule has 2 aliphatic heterocycles. The van der Waals surface area contributed by atoms with Crippen LogP contribution in [0.1, 0.15) is 60.0 Å². The number of carbonyl (C=O) groups excluding carboxylic acids is 2. The van der Waals surface area contributed by atoms with Crippen molar-refractivity contribution in [2.24, 2.45) is 5.92 Å². The number of rotatable bonds is 6. The molecule has 2 saturated heterocycles. The van der Waals surface area contributed by atoms with E-state index in [4.69, 9.17) is 0 Å². The highest BCUT2D eigenvalue weighted by atomic mass is 16.2. The Morgan fingerprint density at radius 2 is 1.76 bits per heavy atom. The minimum Gasteiger partial charge on any atom is -0.337 e. The second kappa shape index (κ2) is 8.86. The van der Waals surface area contributed by atoms with Crippen LogP contribution >= 0.6 is 0 Å². The van der Waals surface area contributed by atoms with Gasteiger partial charge in [0.05, 0.1) is 6.04 Å². The summed E-state index contributed by atoms with van der Waals surface area (Å²) in [7, 11) is 0. The highest BCUT2D eigenvalue weighted by Crippen LogP contribution is 2.33. The molecule has 1 aromatic carbocycles. The lowest BCUT2D eigenvalue weighted by Gasteiger charge is -2.33. The molecule has 29 heavy (non-hydrogen) atoms. The second-order valence-corrected chi connectivity index (χ2v) is 9.20. The molecule has 0 radical (unpaired) electrons. The maximum absolute atomic E-state index is 13.0. The third-order valence-electron chi connectivity index (χ3n) is 6.96. The molecule has 5 nitrogen and oxygen atoms in total. The van der Waals surface area contributed by atoms with Crippen molar-refractivity contribution in [3.63, 3.8) is 0 Å². The van der Waals surface area contributed by atoms with Crippen LogP contribution in [0.25, 0.3) is 0 Å². The average Bonchev–Trinajstić information content (AvgIpc) is 3.48. The van der Waals surface area contributed by atoms with E-state index in [1.807, 2.05) is 23.1 Å². The van der Waals surface area contributed by atoms with E-state index in [1.54, 1.807) is 0 Å². The van der Waals surface area contributed by atoms with E-state index in [1.165, 1.54) is 24.8 Å². The number of piperidine rings is 1. The average molecular weight is 398 g/mol. The molecule has 2 amide bonds. The van der Waals surface area contributed by atoms with Crippen LogP contribution in [-0.4, -0.2) is 71.8 Å². The smallest absolute Gasteiger partial charge is 0.253 e. The summed E-state index contributed by atoms with van der Waals surface area (Å²) >= 11 is 0. The van der Waals surface area contributed by atoms with Gasteiger partial charge < -0.3 is 14.7 Å². The van der Waals surface area contributed by atoms with Gasteiger partial charge in [-0.3, -0.25) is 9.59 Å². The Morgan fingerprint density at radius 1 is 1.00 bits per heavy atom. The molecule has 3 aliphatic rings. The number of carbonyl (C=O) groups is 2. The van der Waals surface area contributed by atoms with Gasteiger partial charge in [-0.15, -0.1) is 0 Å². The summed E-state index contributed by atoms with van der Waals surface area (Å²) in [6.45, 7) is 9.64. The van der Waals surface area contributed by atoms with Gasteiger partial charge in [-0.2, -0.15) is 0 Å². The van der Waals surface area contributed by atoms with Crippen molar-refractivity contribution in [1.29, 1.82) is 0 Å². The number of hydrogen-bond donors (Lipinski definition) is 0. The lowest BCUT2D eigenvalue weighted by atomic mass is 10.1. The third kappa shape index (κ3) is 4.82. The molecule has 0 aromatic heterocycles. The zero-order valence-electron chi connectivity index (χ0n) is 18.0. The fraction of sp³-hybridized carbons (Fsp3) is 0.667. The van der Waals surface area contributed by atoms with Crippen molar-refractivity contribution in [1.82, 2.24) is 14.7 Å². The minimum absolute atomic E-state index is 0.102. The molecule has 0 spiro atoms.